The minimum Gasteiger partial charge on any atom is -0.312 e. The first-order valence-corrected chi connectivity index (χ1v) is 6.95. The zero-order chi connectivity index (χ0) is 14.4. The summed E-state index contributed by atoms with van der Waals surface area (Å²) >= 11 is 0. The molecule has 0 radical (unpaired) electrons. The molecule has 1 aromatic heterocycles. The molecular weight excluding hydrogens is 246 g/mol. The zero-order valence-corrected chi connectivity index (χ0v) is 12.4. The Kier molecular flexibility index (Phi) is 4.97. The first-order valence-electron chi connectivity index (χ1n) is 6.95. The van der Waals surface area contributed by atoms with Gasteiger partial charge in [0.05, 0.1) is 11.4 Å². The predicted molar refractivity (Wildman–Crippen MR) is 82.8 cm³/mol. The van der Waals surface area contributed by atoms with Gasteiger partial charge in [0.25, 0.3) is 0 Å². The van der Waals surface area contributed by atoms with Crippen LogP contribution in [0, 0.1) is 25.7 Å². The van der Waals surface area contributed by atoms with Gasteiger partial charge in [0.15, 0.2) is 0 Å². The van der Waals surface area contributed by atoms with Crippen LogP contribution in [-0.4, -0.2) is 16.3 Å². The summed E-state index contributed by atoms with van der Waals surface area (Å²) in [6.07, 6.45) is 0.890. The topological polar surface area (TPSA) is 29.9 Å². The molecule has 0 saturated carbocycles. The molecule has 20 heavy (non-hydrogen) atoms. The summed E-state index contributed by atoms with van der Waals surface area (Å²) in [5, 5.41) is 8.07. The smallest absolute Gasteiger partial charge is 0.0648 e. The van der Waals surface area contributed by atoms with Gasteiger partial charge in [-0.2, -0.15) is 5.10 Å². The number of nitrogens with zero attached hydrogens (tertiary/aromatic N) is 2. The van der Waals surface area contributed by atoms with E-state index in [0.717, 1.165) is 30.9 Å². The van der Waals surface area contributed by atoms with Crippen molar-refractivity contribution in [1.29, 1.82) is 0 Å². The van der Waals surface area contributed by atoms with Crippen LogP contribution in [-0.2, 0) is 6.54 Å². The molecule has 3 heteroatoms. The van der Waals surface area contributed by atoms with Crippen molar-refractivity contribution < 1.29 is 0 Å². The first kappa shape index (κ1) is 14.4. The van der Waals surface area contributed by atoms with Gasteiger partial charge in [-0.15, -0.1) is 11.8 Å². The summed E-state index contributed by atoms with van der Waals surface area (Å²) in [4.78, 5) is 0. The third-order valence-electron chi connectivity index (χ3n) is 3.35. The van der Waals surface area contributed by atoms with Crippen molar-refractivity contribution in [3.8, 4) is 17.5 Å². The zero-order valence-electron chi connectivity index (χ0n) is 12.4. The van der Waals surface area contributed by atoms with E-state index in [1.807, 2.05) is 29.8 Å². The molecule has 3 nitrogen and oxygen atoms in total. The number of aryl methyl sites for hydroxylation is 1. The van der Waals surface area contributed by atoms with Crippen LogP contribution in [0.5, 0.6) is 0 Å². The predicted octanol–water partition coefficient (Wildman–Crippen LogP) is 2.99. The second kappa shape index (κ2) is 6.93. The van der Waals surface area contributed by atoms with Gasteiger partial charge < -0.3 is 5.32 Å². The number of hydrogen-bond acceptors (Lipinski definition) is 2. The van der Waals surface area contributed by atoms with Crippen molar-refractivity contribution in [2.24, 2.45) is 0 Å². The number of para-hydroxylation sites is 1. The minimum absolute atomic E-state index is 0.843. The minimum atomic E-state index is 0.843. The van der Waals surface area contributed by atoms with E-state index in [4.69, 9.17) is 0 Å². The lowest BCUT2D eigenvalue weighted by atomic mass is 10.2. The number of hydrogen-bond donors (Lipinski definition) is 1. The Morgan fingerprint density at radius 2 is 1.95 bits per heavy atom. The lowest BCUT2D eigenvalue weighted by Gasteiger charge is -2.06. The molecule has 2 aromatic rings. The van der Waals surface area contributed by atoms with Crippen LogP contribution in [0.1, 0.15) is 30.3 Å². The Balaban J connectivity index is 2.11. The summed E-state index contributed by atoms with van der Waals surface area (Å²) in [6, 6.07) is 10.2. The maximum absolute atomic E-state index is 4.64. The van der Waals surface area contributed by atoms with Gasteiger partial charge in [-0.25, -0.2) is 4.68 Å². The third kappa shape index (κ3) is 3.28. The van der Waals surface area contributed by atoms with Gasteiger partial charge in [0, 0.05) is 30.8 Å². The van der Waals surface area contributed by atoms with Crippen LogP contribution in [0.2, 0.25) is 0 Å². The Bertz CT molecular complexity index is 615. The van der Waals surface area contributed by atoms with E-state index in [9.17, 15) is 0 Å². The normalized spacial score (nSPS) is 10.2. The van der Waals surface area contributed by atoms with E-state index in [1.54, 1.807) is 0 Å². The van der Waals surface area contributed by atoms with Crippen molar-refractivity contribution in [3.05, 3.63) is 47.3 Å². The van der Waals surface area contributed by atoms with E-state index in [2.05, 4.69) is 48.2 Å². The lowest BCUT2D eigenvalue weighted by molar-refractivity contribution is 0.695. The summed E-state index contributed by atoms with van der Waals surface area (Å²) < 4.78 is 2.01. The highest BCUT2D eigenvalue weighted by Crippen LogP contribution is 2.17. The Labute approximate surface area is 121 Å². The molecule has 0 aliphatic carbocycles. The standard InChI is InChI=1S/C17H21N3/c1-4-5-9-12-18-13-17-14(2)19-20(15(17)3)16-10-7-6-8-11-16/h6-8,10-11,18H,9,12-13H2,1-3H3. The van der Waals surface area contributed by atoms with Crippen molar-refractivity contribution >= 4 is 0 Å². The number of benzene rings is 1. The van der Waals surface area contributed by atoms with Crippen LogP contribution in [0.3, 0.4) is 0 Å². The molecule has 0 spiro atoms. The monoisotopic (exact) mass is 267 g/mol. The molecule has 0 fully saturated rings. The highest BCUT2D eigenvalue weighted by atomic mass is 15.3. The second-order valence-corrected chi connectivity index (χ2v) is 4.75. The summed E-state index contributed by atoms with van der Waals surface area (Å²) in [7, 11) is 0. The van der Waals surface area contributed by atoms with Gasteiger partial charge in [-0.05, 0) is 32.9 Å². The Morgan fingerprint density at radius 1 is 1.20 bits per heavy atom. The van der Waals surface area contributed by atoms with Gasteiger partial charge in [0.2, 0.25) is 0 Å². The van der Waals surface area contributed by atoms with Crippen molar-refractivity contribution in [1.82, 2.24) is 15.1 Å². The third-order valence-corrected chi connectivity index (χ3v) is 3.35. The molecule has 0 saturated heterocycles. The average Bonchev–Trinajstić information content (AvgIpc) is 2.75. The van der Waals surface area contributed by atoms with Crippen LogP contribution < -0.4 is 5.32 Å². The fourth-order valence-corrected chi connectivity index (χ4v) is 2.24. The van der Waals surface area contributed by atoms with Gasteiger partial charge in [-0.3, -0.25) is 0 Å². The SMILES string of the molecule is CC#CCCNCc1c(C)nn(-c2ccccc2)c1C. The number of nitrogens with one attached hydrogen (secondary N) is 1. The lowest BCUT2D eigenvalue weighted by Crippen LogP contribution is -2.15. The van der Waals surface area contributed by atoms with E-state index in [1.165, 1.54) is 11.3 Å². The average molecular weight is 267 g/mol. The molecule has 1 heterocycles. The summed E-state index contributed by atoms with van der Waals surface area (Å²) in [5.41, 5.74) is 4.66. The van der Waals surface area contributed by atoms with E-state index < -0.39 is 0 Å². The maximum Gasteiger partial charge on any atom is 0.0648 e. The van der Waals surface area contributed by atoms with Gasteiger partial charge >= 0.3 is 0 Å². The van der Waals surface area contributed by atoms with Crippen molar-refractivity contribution in [2.75, 3.05) is 6.54 Å². The van der Waals surface area contributed by atoms with Crippen LogP contribution in [0.4, 0.5) is 0 Å². The summed E-state index contributed by atoms with van der Waals surface area (Å²) in [5.74, 6) is 5.97. The molecule has 0 aliphatic heterocycles. The molecule has 104 valence electrons. The van der Waals surface area contributed by atoms with E-state index >= 15 is 0 Å². The van der Waals surface area contributed by atoms with Crippen LogP contribution >= 0.6 is 0 Å². The first-order chi connectivity index (χ1) is 9.74. The van der Waals surface area contributed by atoms with E-state index in [0.29, 0.717) is 0 Å². The van der Waals surface area contributed by atoms with Crippen molar-refractivity contribution in [2.45, 2.75) is 33.7 Å². The van der Waals surface area contributed by atoms with Crippen molar-refractivity contribution in [3.63, 3.8) is 0 Å². The molecule has 1 N–H and O–H groups in total. The fraction of sp³-hybridized carbons (Fsp3) is 0.353. The van der Waals surface area contributed by atoms with Gasteiger partial charge in [0.1, 0.15) is 0 Å². The molecule has 0 bridgehead atoms. The second-order valence-electron chi connectivity index (χ2n) is 4.75. The molecule has 0 amide bonds. The maximum atomic E-state index is 4.64. The molecule has 1 aromatic carbocycles. The quantitative estimate of drug-likeness (QED) is 0.666. The Hall–Kier alpha value is -2.05. The Morgan fingerprint density at radius 3 is 2.65 bits per heavy atom. The highest BCUT2D eigenvalue weighted by Gasteiger charge is 2.11. The van der Waals surface area contributed by atoms with Crippen LogP contribution in [0.25, 0.3) is 5.69 Å². The highest BCUT2D eigenvalue weighted by molar-refractivity contribution is 5.36. The van der Waals surface area contributed by atoms with Gasteiger partial charge in [-0.1, -0.05) is 18.2 Å². The summed E-state index contributed by atoms with van der Waals surface area (Å²) in [6.45, 7) is 7.81. The molecular formula is C17H21N3. The molecule has 2 rings (SSSR count). The molecule has 0 aliphatic rings. The number of aromatic nitrogens is 2. The molecule has 0 atom stereocenters. The molecule has 0 unspecified atom stereocenters. The largest absolute Gasteiger partial charge is 0.312 e. The van der Waals surface area contributed by atoms with Crippen LogP contribution in [0.15, 0.2) is 30.3 Å². The van der Waals surface area contributed by atoms with E-state index in [-0.39, 0.29) is 0 Å². The number of rotatable bonds is 5. The fourth-order valence-electron chi connectivity index (χ4n) is 2.24.